The summed E-state index contributed by atoms with van der Waals surface area (Å²) in [5.41, 5.74) is -0.627. The maximum absolute atomic E-state index is 12.8. The van der Waals surface area contributed by atoms with Crippen LogP contribution in [0, 0.1) is 5.82 Å². The highest BCUT2D eigenvalue weighted by Gasteiger charge is 2.15. The molecule has 92 valence electrons. The van der Waals surface area contributed by atoms with Gasteiger partial charge in [-0.15, -0.1) is 0 Å². The number of nitrogens with zero attached hydrogens (tertiary/aromatic N) is 2. The fourth-order valence-electron chi connectivity index (χ4n) is 1.58. The van der Waals surface area contributed by atoms with Crippen LogP contribution >= 0.6 is 0 Å². The topological polar surface area (TPSA) is 72.2 Å². The van der Waals surface area contributed by atoms with Crippen molar-refractivity contribution in [1.82, 2.24) is 9.78 Å². The van der Waals surface area contributed by atoms with Gasteiger partial charge < -0.3 is 5.11 Å². The molecule has 1 heterocycles. The molecular weight excluding hydrogens is 239 g/mol. The van der Waals surface area contributed by atoms with E-state index in [2.05, 4.69) is 5.10 Å². The quantitative estimate of drug-likeness (QED) is 0.869. The van der Waals surface area contributed by atoms with E-state index in [1.165, 1.54) is 42.2 Å². The van der Waals surface area contributed by atoms with Gasteiger partial charge in [0.15, 0.2) is 0 Å². The number of carboxylic acids is 1. The summed E-state index contributed by atoms with van der Waals surface area (Å²) in [6.07, 6.45) is 1.40. The highest BCUT2D eigenvalue weighted by molar-refractivity contribution is 5.86. The first-order valence-corrected chi connectivity index (χ1v) is 5.06. The third-order valence-corrected chi connectivity index (χ3v) is 2.39. The molecule has 0 saturated heterocycles. The van der Waals surface area contributed by atoms with Crippen LogP contribution in [-0.2, 0) is 7.05 Å². The van der Waals surface area contributed by atoms with E-state index in [0.29, 0.717) is 5.56 Å². The number of benzene rings is 1. The lowest BCUT2D eigenvalue weighted by molar-refractivity contribution is 0.0686. The maximum Gasteiger partial charge on any atom is 0.360 e. The van der Waals surface area contributed by atoms with Gasteiger partial charge in [0, 0.05) is 18.8 Å². The summed E-state index contributed by atoms with van der Waals surface area (Å²) in [5.74, 6) is -1.82. The van der Waals surface area contributed by atoms with E-state index in [1.54, 1.807) is 0 Å². The summed E-state index contributed by atoms with van der Waals surface area (Å²) in [7, 11) is 1.51. The SMILES string of the molecule is Cn1cc(-c2ccc(F)cc2)c(=O)c(C(=O)O)n1. The van der Waals surface area contributed by atoms with Crippen LogP contribution in [0.4, 0.5) is 4.39 Å². The van der Waals surface area contributed by atoms with Crippen LogP contribution in [0.2, 0.25) is 0 Å². The molecule has 0 radical (unpaired) electrons. The van der Waals surface area contributed by atoms with E-state index >= 15 is 0 Å². The molecule has 0 amide bonds. The van der Waals surface area contributed by atoms with Crippen molar-refractivity contribution < 1.29 is 14.3 Å². The number of aryl methyl sites for hydroxylation is 1. The number of carbonyl (C=O) groups is 1. The Morgan fingerprint density at radius 1 is 1.33 bits per heavy atom. The Balaban J connectivity index is 2.68. The average molecular weight is 248 g/mol. The molecule has 0 spiro atoms. The van der Waals surface area contributed by atoms with Crippen molar-refractivity contribution >= 4 is 5.97 Å². The number of aromatic carboxylic acids is 1. The van der Waals surface area contributed by atoms with Crippen molar-refractivity contribution in [3.05, 3.63) is 52.2 Å². The Bertz CT molecular complexity index is 662. The second-order valence-corrected chi connectivity index (χ2v) is 3.71. The number of hydrogen-bond donors (Lipinski definition) is 1. The first-order valence-electron chi connectivity index (χ1n) is 5.06. The Labute approximate surface area is 101 Å². The molecule has 6 heteroatoms. The molecule has 0 aliphatic carbocycles. The van der Waals surface area contributed by atoms with Crippen molar-refractivity contribution in [2.24, 2.45) is 7.05 Å². The number of hydrogen-bond acceptors (Lipinski definition) is 3. The van der Waals surface area contributed by atoms with Crippen LogP contribution in [0.3, 0.4) is 0 Å². The first kappa shape index (κ1) is 12.0. The minimum absolute atomic E-state index is 0.171. The Kier molecular flexibility index (Phi) is 2.93. The number of rotatable bonds is 2. The molecule has 0 aliphatic rings. The first-order chi connectivity index (χ1) is 8.49. The van der Waals surface area contributed by atoms with Crippen molar-refractivity contribution in [1.29, 1.82) is 0 Å². The molecule has 2 aromatic rings. The van der Waals surface area contributed by atoms with Gasteiger partial charge in [0.25, 0.3) is 0 Å². The summed E-state index contributed by atoms with van der Waals surface area (Å²) < 4.78 is 14.0. The average Bonchev–Trinajstić information content (AvgIpc) is 2.32. The third kappa shape index (κ3) is 2.13. The maximum atomic E-state index is 12.8. The molecule has 1 aromatic carbocycles. The third-order valence-electron chi connectivity index (χ3n) is 2.39. The summed E-state index contributed by atoms with van der Waals surface area (Å²) >= 11 is 0. The summed E-state index contributed by atoms with van der Waals surface area (Å²) in [6, 6.07) is 5.24. The van der Waals surface area contributed by atoms with Crippen molar-refractivity contribution in [3.63, 3.8) is 0 Å². The lowest BCUT2D eigenvalue weighted by Crippen LogP contribution is -2.22. The molecule has 0 atom stereocenters. The van der Waals surface area contributed by atoms with Gasteiger partial charge >= 0.3 is 5.97 Å². The lowest BCUT2D eigenvalue weighted by Gasteiger charge is -2.05. The van der Waals surface area contributed by atoms with E-state index in [9.17, 15) is 14.0 Å². The Morgan fingerprint density at radius 2 is 1.94 bits per heavy atom. The van der Waals surface area contributed by atoms with Crippen LogP contribution in [0.25, 0.3) is 11.1 Å². The van der Waals surface area contributed by atoms with Crippen molar-refractivity contribution in [2.75, 3.05) is 0 Å². The van der Waals surface area contributed by atoms with Crippen molar-refractivity contribution in [3.8, 4) is 11.1 Å². The fourth-order valence-corrected chi connectivity index (χ4v) is 1.58. The Morgan fingerprint density at radius 3 is 2.50 bits per heavy atom. The molecule has 18 heavy (non-hydrogen) atoms. The van der Waals surface area contributed by atoms with E-state index in [4.69, 9.17) is 5.11 Å². The number of carboxylic acid groups (broad SMARTS) is 1. The molecular formula is C12H9FN2O3. The van der Waals surface area contributed by atoms with Gasteiger partial charge in [-0.25, -0.2) is 9.18 Å². The molecule has 0 fully saturated rings. The van der Waals surface area contributed by atoms with E-state index in [0.717, 1.165) is 0 Å². The predicted octanol–water partition coefficient (Wildman–Crippen LogP) is 1.28. The molecule has 0 saturated carbocycles. The van der Waals surface area contributed by atoms with Crippen molar-refractivity contribution in [2.45, 2.75) is 0 Å². The molecule has 0 unspecified atom stereocenters. The van der Waals surface area contributed by atoms with E-state index in [1.807, 2.05) is 0 Å². The minimum atomic E-state index is -1.39. The molecule has 1 aromatic heterocycles. The zero-order chi connectivity index (χ0) is 13.3. The zero-order valence-corrected chi connectivity index (χ0v) is 9.42. The van der Waals surface area contributed by atoms with Crippen LogP contribution in [-0.4, -0.2) is 20.9 Å². The fraction of sp³-hybridized carbons (Fsp3) is 0.0833. The second-order valence-electron chi connectivity index (χ2n) is 3.71. The highest BCUT2D eigenvalue weighted by Crippen LogP contribution is 2.15. The van der Waals surface area contributed by atoms with Crippen LogP contribution in [0.15, 0.2) is 35.3 Å². The lowest BCUT2D eigenvalue weighted by atomic mass is 10.1. The highest BCUT2D eigenvalue weighted by atomic mass is 19.1. The normalized spacial score (nSPS) is 10.3. The Hall–Kier alpha value is -2.50. The van der Waals surface area contributed by atoms with Gasteiger partial charge in [-0.1, -0.05) is 12.1 Å². The molecule has 0 aliphatic heterocycles. The van der Waals surface area contributed by atoms with Crippen LogP contribution in [0.1, 0.15) is 10.5 Å². The summed E-state index contributed by atoms with van der Waals surface area (Å²) in [5, 5.41) is 12.5. The van der Waals surface area contributed by atoms with Crippen LogP contribution < -0.4 is 5.43 Å². The van der Waals surface area contributed by atoms with Gasteiger partial charge in [-0.05, 0) is 17.7 Å². The standard InChI is InChI=1S/C12H9FN2O3/c1-15-6-9(7-2-4-8(13)5-3-7)11(16)10(14-15)12(17)18/h2-6H,1H3,(H,17,18). The zero-order valence-electron chi connectivity index (χ0n) is 9.42. The van der Waals surface area contributed by atoms with E-state index in [-0.39, 0.29) is 5.56 Å². The second kappa shape index (κ2) is 4.40. The monoisotopic (exact) mass is 248 g/mol. The van der Waals surface area contributed by atoms with Gasteiger partial charge in [-0.3, -0.25) is 9.48 Å². The predicted molar refractivity (Wildman–Crippen MR) is 61.8 cm³/mol. The van der Waals surface area contributed by atoms with Crippen LogP contribution in [0.5, 0.6) is 0 Å². The van der Waals surface area contributed by atoms with E-state index < -0.39 is 22.9 Å². The van der Waals surface area contributed by atoms with Gasteiger partial charge in [-0.2, -0.15) is 5.10 Å². The molecule has 5 nitrogen and oxygen atoms in total. The minimum Gasteiger partial charge on any atom is -0.476 e. The molecule has 2 rings (SSSR count). The summed E-state index contributed by atoms with van der Waals surface area (Å²) in [6.45, 7) is 0. The van der Waals surface area contributed by atoms with Gasteiger partial charge in [0.2, 0.25) is 11.1 Å². The number of halogens is 1. The largest absolute Gasteiger partial charge is 0.476 e. The number of aromatic nitrogens is 2. The smallest absolute Gasteiger partial charge is 0.360 e. The van der Waals surface area contributed by atoms with Gasteiger partial charge in [0.1, 0.15) is 5.82 Å². The summed E-state index contributed by atoms with van der Waals surface area (Å²) in [4.78, 5) is 22.8. The molecule has 0 bridgehead atoms. The van der Waals surface area contributed by atoms with Gasteiger partial charge in [0.05, 0.1) is 0 Å². The molecule has 1 N–H and O–H groups in total.